The van der Waals surface area contributed by atoms with Gasteiger partial charge in [0, 0.05) is 36.4 Å². The fraction of sp³-hybridized carbons (Fsp3) is 0.296. The highest BCUT2D eigenvalue weighted by Gasteiger charge is 2.35. The number of methoxy groups -OCH3 is 1. The van der Waals surface area contributed by atoms with E-state index in [4.69, 9.17) is 9.47 Å². The van der Waals surface area contributed by atoms with E-state index in [-0.39, 0.29) is 21.8 Å². The molecule has 2 N–H and O–H groups in total. The van der Waals surface area contributed by atoms with Crippen molar-refractivity contribution in [3.63, 3.8) is 0 Å². The summed E-state index contributed by atoms with van der Waals surface area (Å²) in [7, 11) is -2.21. The molecule has 4 rings (SSSR count). The van der Waals surface area contributed by atoms with Crippen LogP contribution in [0.3, 0.4) is 0 Å². The highest BCUT2D eigenvalue weighted by Crippen LogP contribution is 2.35. The van der Waals surface area contributed by atoms with Gasteiger partial charge in [-0.2, -0.15) is 0 Å². The van der Waals surface area contributed by atoms with E-state index >= 15 is 0 Å². The second-order valence-electron chi connectivity index (χ2n) is 8.80. The van der Waals surface area contributed by atoms with Crippen LogP contribution in [0.2, 0.25) is 0 Å². The maximum Gasteiger partial charge on any atom is 0.261 e. The van der Waals surface area contributed by atoms with E-state index < -0.39 is 10.0 Å². The quantitative estimate of drug-likeness (QED) is 0.488. The van der Waals surface area contributed by atoms with Gasteiger partial charge in [0.2, 0.25) is 0 Å². The molecule has 0 radical (unpaired) electrons. The van der Waals surface area contributed by atoms with Crippen molar-refractivity contribution in [2.24, 2.45) is 0 Å². The number of benzene rings is 3. The molecule has 184 valence electrons. The van der Waals surface area contributed by atoms with Crippen LogP contribution in [0.25, 0.3) is 0 Å². The van der Waals surface area contributed by atoms with Crippen LogP contribution < -0.4 is 14.8 Å². The second kappa shape index (κ2) is 10.5. The number of carbonyl (C=O) groups excluding carboxylic acids is 1. The van der Waals surface area contributed by atoms with E-state index in [1.807, 2.05) is 43.3 Å². The number of anilines is 1. The number of carbonyl (C=O) groups is 1. The van der Waals surface area contributed by atoms with Gasteiger partial charge in [-0.15, -0.1) is 0 Å². The Morgan fingerprint density at radius 1 is 1.00 bits per heavy atom. The predicted octanol–water partition coefficient (Wildman–Crippen LogP) is 4.28. The molecule has 3 aromatic carbocycles. The van der Waals surface area contributed by atoms with Gasteiger partial charge in [0.1, 0.15) is 5.75 Å². The van der Waals surface area contributed by atoms with Gasteiger partial charge in [-0.05, 0) is 67.8 Å². The van der Waals surface area contributed by atoms with Crippen LogP contribution >= 0.6 is 0 Å². The molecule has 0 aliphatic carbocycles. The third-order valence-electron chi connectivity index (χ3n) is 6.45. The molecule has 1 fully saturated rings. The fourth-order valence-corrected chi connectivity index (χ4v) is 5.37. The maximum atomic E-state index is 13.1. The van der Waals surface area contributed by atoms with Crippen molar-refractivity contribution in [3.05, 3.63) is 89.5 Å². The Hall–Kier alpha value is -3.36. The molecule has 0 unspecified atom stereocenters. The molecule has 1 aliphatic heterocycles. The molecule has 0 bridgehead atoms. The lowest BCUT2D eigenvalue weighted by Crippen LogP contribution is -2.44. The Morgan fingerprint density at radius 3 is 2.34 bits per heavy atom. The van der Waals surface area contributed by atoms with Crippen LogP contribution in [-0.2, 0) is 20.2 Å². The monoisotopic (exact) mass is 494 g/mol. The molecule has 1 amide bonds. The summed E-state index contributed by atoms with van der Waals surface area (Å²) < 4.78 is 39.2. The zero-order chi connectivity index (χ0) is 24.9. The fourth-order valence-electron chi connectivity index (χ4n) is 4.27. The van der Waals surface area contributed by atoms with Crippen molar-refractivity contribution in [1.82, 2.24) is 5.32 Å². The van der Waals surface area contributed by atoms with Crippen molar-refractivity contribution in [1.29, 1.82) is 0 Å². The zero-order valence-corrected chi connectivity index (χ0v) is 20.7. The van der Waals surface area contributed by atoms with Crippen LogP contribution in [0.15, 0.2) is 77.7 Å². The molecule has 0 spiro atoms. The molecular weight excluding hydrogens is 464 g/mol. The molecule has 0 atom stereocenters. The summed E-state index contributed by atoms with van der Waals surface area (Å²) in [5, 5.41) is 3.03. The minimum absolute atomic E-state index is 0.0293. The average Bonchev–Trinajstić information content (AvgIpc) is 2.89. The number of ether oxygens (including phenoxy) is 2. The molecular formula is C27H30N2O5S. The Balaban J connectivity index is 1.50. The summed E-state index contributed by atoms with van der Waals surface area (Å²) in [6, 6.07) is 21.0. The second-order valence-corrected chi connectivity index (χ2v) is 10.5. The first-order chi connectivity index (χ1) is 16.8. The standard InChI is InChI=1S/C27H30N2O5S/c1-20-6-10-23(11-7-20)29-35(31,32)25-5-3-4-21(18-25)26(30)28-19-27(14-16-34-17-15-27)22-8-12-24(33-2)13-9-22/h3-13,18,29H,14-17,19H2,1-2H3,(H,28,30). The van der Waals surface area contributed by atoms with Crippen molar-refractivity contribution < 1.29 is 22.7 Å². The van der Waals surface area contributed by atoms with E-state index in [0.717, 1.165) is 29.7 Å². The molecule has 7 nitrogen and oxygen atoms in total. The lowest BCUT2D eigenvalue weighted by molar-refractivity contribution is 0.0487. The predicted molar refractivity (Wildman–Crippen MR) is 135 cm³/mol. The molecule has 8 heteroatoms. The highest BCUT2D eigenvalue weighted by molar-refractivity contribution is 7.92. The summed E-state index contributed by atoms with van der Waals surface area (Å²) in [5.41, 5.74) is 2.63. The SMILES string of the molecule is COc1ccc(C2(CNC(=O)c3cccc(S(=O)(=O)Nc4ccc(C)cc4)c3)CCOCC2)cc1. The van der Waals surface area contributed by atoms with E-state index in [1.54, 1.807) is 31.4 Å². The van der Waals surface area contributed by atoms with Gasteiger partial charge in [0.15, 0.2) is 0 Å². The van der Waals surface area contributed by atoms with E-state index in [0.29, 0.717) is 25.4 Å². The topological polar surface area (TPSA) is 93.7 Å². The first-order valence-corrected chi connectivity index (χ1v) is 13.0. The molecule has 1 saturated heterocycles. The molecule has 3 aromatic rings. The van der Waals surface area contributed by atoms with Crippen molar-refractivity contribution >= 4 is 21.6 Å². The Morgan fingerprint density at radius 2 is 1.69 bits per heavy atom. The van der Waals surface area contributed by atoms with Gasteiger partial charge in [-0.1, -0.05) is 35.9 Å². The number of hydrogen-bond acceptors (Lipinski definition) is 5. The third-order valence-corrected chi connectivity index (χ3v) is 7.83. The lowest BCUT2D eigenvalue weighted by Gasteiger charge is -2.38. The summed E-state index contributed by atoms with van der Waals surface area (Å²) >= 11 is 0. The number of sulfonamides is 1. The van der Waals surface area contributed by atoms with Gasteiger partial charge in [0.05, 0.1) is 12.0 Å². The van der Waals surface area contributed by atoms with Crippen LogP contribution in [0, 0.1) is 6.92 Å². The normalized spacial score (nSPS) is 15.3. The van der Waals surface area contributed by atoms with Gasteiger partial charge >= 0.3 is 0 Å². The maximum absolute atomic E-state index is 13.1. The lowest BCUT2D eigenvalue weighted by atomic mass is 9.74. The third kappa shape index (κ3) is 5.83. The Bertz CT molecular complexity index is 1270. The van der Waals surface area contributed by atoms with Crippen molar-refractivity contribution in [2.75, 3.05) is 31.6 Å². The highest BCUT2D eigenvalue weighted by atomic mass is 32.2. The van der Waals surface area contributed by atoms with Crippen LogP contribution in [-0.4, -0.2) is 41.2 Å². The summed E-state index contributed by atoms with van der Waals surface area (Å²) in [6.07, 6.45) is 1.54. The minimum atomic E-state index is -3.84. The van der Waals surface area contributed by atoms with Crippen LogP contribution in [0.5, 0.6) is 5.75 Å². The van der Waals surface area contributed by atoms with Crippen molar-refractivity contribution in [3.8, 4) is 5.75 Å². The van der Waals surface area contributed by atoms with Gasteiger partial charge < -0.3 is 14.8 Å². The molecule has 1 heterocycles. The number of amides is 1. The Labute approximate surface area is 206 Å². The van der Waals surface area contributed by atoms with Crippen LogP contribution in [0.1, 0.15) is 34.3 Å². The minimum Gasteiger partial charge on any atom is -0.497 e. The number of nitrogens with one attached hydrogen (secondary N) is 2. The van der Waals surface area contributed by atoms with Gasteiger partial charge in [-0.3, -0.25) is 9.52 Å². The van der Waals surface area contributed by atoms with Crippen LogP contribution in [0.4, 0.5) is 5.69 Å². The number of hydrogen-bond donors (Lipinski definition) is 2. The Kier molecular flexibility index (Phi) is 7.42. The number of rotatable bonds is 8. The molecule has 35 heavy (non-hydrogen) atoms. The molecule has 0 saturated carbocycles. The average molecular weight is 495 g/mol. The van der Waals surface area contributed by atoms with Gasteiger partial charge in [-0.25, -0.2) is 8.42 Å². The largest absolute Gasteiger partial charge is 0.497 e. The zero-order valence-electron chi connectivity index (χ0n) is 19.9. The smallest absolute Gasteiger partial charge is 0.261 e. The molecule has 0 aromatic heterocycles. The molecule has 1 aliphatic rings. The van der Waals surface area contributed by atoms with Crippen molar-refractivity contribution in [2.45, 2.75) is 30.1 Å². The number of aryl methyl sites for hydroxylation is 1. The summed E-state index contributed by atoms with van der Waals surface area (Å²) in [4.78, 5) is 13.1. The first-order valence-electron chi connectivity index (χ1n) is 11.5. The van der Waals surface area contributed by atoms with E-state index in [1.165, 1.54) is 12.1 Å². The van der Waals surface area contributed by atoms with E-state index in [9.17, 15) is 13.2 Å². The summed E-state index contributed by atoms with van der Waals surface area (Å²) in [5.74, 6) is 0.453. The first kappa shape index (κ1) is 24.8. The van der Waals surface area contributed by atoms with E-state index in [2.05, 4.69) is 10.0 Å². The van der Waals surface area contributed by atoms with Gasteiger partial charge in [0.25, 0.3) is 15.9 Å². The summed E-state index contributed by atoms with van der Waals surface area (Å²) in [6.45, 7) is 3.57.